The Bertz CT molecular complexity index is 1160. The van der Waals surface area contributed by atoms with Gasteiger partial charge in [-0.1, -0.05) is 75.8 Å². The highest BCUT2D eigenvalue weighted by atomic mass is 16.2. The van der Waals surface area contributed by atoms with E-state index in [2.05, 4.69) is 53.5 Å². The number of nitrogens with one attached hydrogen (secondary N) is 1. The molecule has 4 nitrogen and oxygen atoms in total. The van der Waals surface area contributed by atoms with E-state index in [9.17, 15) is 9.59 Å². The molecule has 210 valence electrons. The molecule has 0 spiro atoms. The molecule has 3 aliphatic carbocycles. The molecule has 0 saturated heterocycles. The third kappa shape index (κ3) is 6.48. The number of benzene rings is 2. The molecule has 2 aromatic rings. The average molecular weight is 529 g/mol. The van der Waals surface area contributed by atoms with Gasteiger partial charge in [-0.05, 0) is 99.1 Å². The topological polar surface area (TPSA) is 49.4 Å². The molecular formula is C35H48N2O2. The Labute approximate surface area is 235 Å². The highest BCUT2D eigenvalue weighted by Crippen LogP contribution is 2.50. The van der Waals surface area contributed by atoms with Crippen molar-refractivity contribution in [1.29, 1.82) is 0 Å². The Hall–Kier alpha value is -2.46. The Morgan fingerprint density at radius 3 is 2.33 bits per heavy atom. The van der Waals surface area contributed by atoms with Gasteiger partial charge in [-0.3, -0.25) is 14.5 Å². The Kier molecular flexibility index (Phi) is 8.91. The monoisotopic (exact) mass is 528 g/mol. The molecule has 1 amide bonds. The van der Waals surface area contributed by atoms with Gasteiger partial charge < -0.3 is 5.32 Å². The lowest BCUT2D eigenvalue weighted by molar-refractivity contribution is -0.118. The van der Waals surface area contributed by atoms with E-state index < -0.39 is 6.04 Å². The molecule has 39 heavy (non-hydrogen) atoms. The van der Waals surface area contributed by atoms with Crippen LogP contribution in [0.3, 0.4) is 0 Å². The van der Waals surface area contributed by atoms with Crippen LogP contribution in [0.1, 0.15) is 119 Å². The molecule has 1 N–H and O–H groups in total. The lowest BCUT2D eigenvalue weighted by atomic mass is 9.67. The van der Waals surface area contributed by atoms with Crippen molar-refractivity contribution in [2.45, 2.75) is 128 Å². The summed E-state index contributed by atoms with van der Waals surface area (Å²) >= 11 is 0. The molecular weight excluding hydrogens is 480 g/mol. The largest absolute Gasteiger partial charge is 0.342 e. The van der Waals surface area contributed by atoms with Crippen LogP contribution in [-0.4, -0.2) is 34.2 Å². The van der Waals surface area contributed by atoms with Gasteiger partial charge in [0.05, 0.1) is 6.04 Å². The van der Waals surface area contributed by atoms with Crippen LogP contribution in [0.15, 0.2) is 42.5 Å². The minimum atomic E-state index is -0.435. The lowest BCUT2D eigenvalue weighted by Gasteiger charge is -2.53. The summed E-state index contributed by atoms with van der Waals surface area (Å²) in [5.74, 6) is 0.759. The summed E-state index contributed by atoms with van der Waals surface area (Å²) in [5.41, 5.74) is 5.56. The standard InChI is InChI=1S/C35H48N2O2/c1-4-11-33(26(3)38)36-34(39)31-19-16-28(22-32(31)30-15-9-8-12-25(30)2)24-37(29-17-18-29)35(20-10-21-35)23-27-13-6-5-7-14-27/h8-9,12,15-16,19,22,27,29,33H,4-7,10-11,13-14,17-18,20-21,23-24H2,1-3H3,(H,36,39). The lowest BCUT2D eigenvalue weighted by Crippen LogP contribution is -2.55. The van der Waals surface area contributed by atoms with Crippen LogP contribution in [0.4, 0.5) is 0 Å². The number of aryl methyl sites for hydroxylation is 1. The van der Waals surface area contributed by atoms with E-state index in [1.54, 1.807) is 6.92 Å². The minimum absolute atomic E-state index is 0.0168. The number of carbonyl (C=O) groups is 2. The molecule has 1 atom stereocenters. The smallest absolute Gasteiger partial charge is 0.252 e. The van der Waals surface area contributed by atoms with E-state index in [-0.39, 0.29) is 11.7 Å². The van der Waals surface area contributed by atoms with Crippen molar-refractivity contribution >= 4 is 11.7 Å². The summed E-state index contributed by atoms with van der Waals surface area (Å²) in [7, 11) is 0. The number of hydrogen-bond acceptors (Lipinski definition) is 3. The van der Waals surface area contributed by atoms with Crippen molar-refractivity contribution in [3.05, 3.63) is 59.2 Å². The van der Waals surface area contributed by atoms with E-state index in [0.29, 0.717) is 23.6 Å². The average Bonchev–Trinajstić information content (AvgIpc) is 3.75. The first-order valence-corrected chi connectivity index (χ1v) is 15.7. The molecule has 0 aromatic heterocycles. The van der Waals surface area contributed by atoms with Crippen molar-refractivity contribution in [3.63, 3.8) is 0 Å². The molecule has 0 bridgehead atoms. The first-order chi connectivity index (χ1) is 18.9. The fourth-order valence-electron chi connectivity index (χ4n) is 7.28. The number of Topliss-reactive ketones (excluding diaryl/α,β-unsaturated/α-hetero) is 1. The molecule has 5 rings (SSSR count). The molecule has 2 aromatic carbocycles. The van der Waals surface area contributed by atoms with Gasteiger partial charge in [0.1, 0.15) is 0 Å². The van der Waals surface area contributed by atoms with E-state index in [1.807, 2.05) is 13.0 Å². The van der Waals surface area contributed by atoms with Crippen molar-refractivity contribution in [2.75, 3.05) is 0 Å². The maximum Gasteiger partial charge on any atom is 0.252 e. The van der Waals surface area contributed by atoms with E-state index in [4.69, 9.17) is 0 Å². The van der Waals surface area contributed by atoms with E-state index in [0.717, 1.165) is 35.6 Å². The highest BCUT2D eigenvalue weighted by Gasteiger charge is 2.48. The van der Waals surface area contributed by atoms with Crippen LogP contribution in [0, 0.1) is 12.8 Å². The zero-order valence-corrected chi connectivity index (χ0v) is 24.4. The molecule has 3 aliphatic rings. The van der Waals surface area contributed by atoms with Gasteiger partial charge in [0.2, 0.25) is 0 Å². The maximum atomic E-state index is 13.6. The van der Waals surface area contributed by atoms with Gasteiger partial charge in [-0.2, -0.15) is 0 Å². The summed E-state index contributed by atoms with van der Waals surface area (Å²) < 4.78 is 0. The predicted molar refractivity (Wildman–Crippen MR) is 160 cm³/mol. The van der Waals surface area contributed by atoms with Crippen molar-refractivity contribution in [3.8, 4) is 11.1 Å². The molecule has 1 unspecified atom stereocenters. The minimum Gasteiger partial charge on any atom is -0.342 e. The van der Waals surface area contributed by atoms with Crippen LogP contribution >= 0.6 is 0 Å². The van der Waals surface area contributed by atoms with Gasteiger partial charge >= 0.3 is 0 Å². The van der Waals surface area contributed by atoms with Gasteiger partial charge in [-0.15, -0.1) is 0 Å². The van der Waals surface area contributed by atoms with Crippen molar-refractivity contribution < 1.29 is 9.59 Å². The van der Waals surface area contributed by atoms with Crippen LogP contribution < -0.4 is 5.32 Å². The second-order valence-corrected chi connectivity index (χ2v) is 12.8. The first-order valence-electron chi connectivity index (χ1n) is 15.7. The number of carbonyl (C=O) groups excluding carboxylic acids is 2. The molecule has 4 heteroatoms. The van der Waals surface area contributed by atoms with Crippen LogP contribution in [-0.2, 0) is 11.3 Å². The van der Waals surface area contributed by atoms with Crippen LogP contribution in [0.25, 0.3) is 11.1 Å². The predicted octanol–water partition coefficient (Wildman–Crippen LogP) is 8.01. The second kappa shape index (κ2) is 12.4. The van der Waals surface area contributed by atoms with Crippen LogP contribution in [0.2, 0.25) is 0 Å². The molecule has 0 radical (unpaired) electrons. The SMILES string of the molecule is CCCC(NC(=O)c1ccc(CN(C2CC2)C2(CC3CCCCC3)CCC2)cc1-c1ccccc1C)C(C)=O. The third-order valence-electron chi connectivity index (χ3n) is 9.76. The summed E-state index contributed by atoms with van der Waals surface area (Å²) in [6.07, 6.45) is 16.7. The number of amides is 1. The number of hydrogen-bond donors (Lipinski definition) is 1. The summed E-state index contributed by atoms with van der Waals surface area (Å²) in [4.78, 5) is 28.6. The molecule has 3 saturated carbocycles. The van der Waals surface area contributed by atoms with Gasteiger partial charge in [0.25, 0.3) is 5.91 Å². The highest BCUT2D eigenvalue weighted by molar-refractivity contribution is 6.03. The van der Waals surface area contributed by atoms with Crippen LogP contribution in [0.5, 0.6) is 0 Å². The quantitative estimate of drug-likeness (QED) is 0.304. The van der Waals surface area contributed by atoms with Crippen molar-refractivity contribution in [1.82, 2.24) is 10.2 Å². The summed E-state index contributed by atoms with van der Waals surface area (Å²) in [6, 6.07) is 15.1. The zero-order chi connectivity index (χ0) is 27.4. The summed E-state index contributed by atoms with van der Waals surface area (Å²) in [5, 5.41) is 3.04. The first kappa shape index (κ1) is 28.1. The summed E-state index contributed by atoms with van der Waals surface area (Å²) in [6.45, 7) is 6.69. The molecule has 3 fully saturated rings. The maximum absolute atomic E-state index is 13.6. The number of ketones is 1. The second-order valence-electron chi connectivity index (χ2n) is 12.8. The van der Waals surface area contributed by atoms with E-state index >= 15 is 0 Å². The van der Waals surface area contributed by atoms with Gasteiger partial charge in [0.15, 0.2) is 5.78 Å². The number of nitrogens with zero attached hydrogens (tertiary/aromatic N) is 1. The molecule has 0 heterocycles. The fourth-order valence-corrected chi connectivity index (χ4v) is 7.28. The molecule has 0 aliphatic heterocycles. The fraction of sp³-hybridized carbons (Fsp3) is 0.600. The Morgan fingerprint density at radius 2 is 1.72 bits per heavy atom. The number of rotatable bonds is 12. The Balaban J connectivity index is 1.44. The third-order valence-corrected chi connectivity index (χ3v) is 9.76. The Morgan fingerprint density at radius 1 is 0.974 bits per heavy atom. The zero-order valence-electron chi connectivity index (χ0n) is 24.4. The van der Waals surface area contributed by atoms with Crippen molar-refractivity contribution in [2.24, 2.45) is 5.92 Å². The normalized spacial score (nSPS) is 19.9. The van der Waals surface area contributed by atoms with Gasteiger partial charge in [0, 0.05) is 23.7 Å². The van der Waals surface area contributed by atoms with E-state index in [1.165, 1.54) is 76.2 Å². The van der Waals surface area contributed by atoms with Gasteiger partial charge in [-0.25, -0.2) is 0 Å².